The summed E-state index contributed by atoms with van der Waals surface area (Å²) in [5.41, 5.74) is 0.161. The van der Waals surface area contributed by atoms with Gasteiger partial charge in [-0.2, -0.15) is 0 Å². The molecule has 104 valence electrons. The molecule has 1 aliphatic rings. The second-order valence-electron chi connectivity index (χ2n) is 4.86. The lowest BCUT2D eigenvalue weighted by Gasteiger charge is -2.32. The maximum atomic E-state index is 13.7. The Morgan fingerprint density at radius 2 is 2.26 bits per heavy atom. The van der Waals surface area contributed by atoms with Crippen LogP contribution >= 0.6 is 31.9 Å². The maximum Gasteiger partial charge on any atom is 0.256 e. The first-order chi connectivity index (χ1) is 9.11. The highest BCUT2D eigenvalue weighted by atomic mass is 79.9. The Hall–Kier alpha value is -0.420. The van der Waals surface area contributed by atoms with Gasteiger partial charge in [0, 0.05) is 22.9 Å². The SMILES string of the molecule is O=C(c1cc(Br)ccc1F)N1CCCC(CCBr)C1. The molecule has 0 bridgehead atoms. The fourth-order valence-corrected chi connectivity index (χ4v) is 3.48. The lowest BCUT2D eigenvalue weighted by Crippen LogP contribution is -2.40. The van der Waals surface area contributed by atoms with E-state index in [1.807, 2.05) is 0 Å². The predicted octanol–water partition coefficient (Wildman–Crippen LogP) is 4.23. The zero-order chi connectivity index (χ0) is 13.8. The van der Waals surface area contributed by atoms with Gasteiger partial charge in [0.1, 0.15) is 5.82 Å². The molecule has 1 aliphatic heterocycles. The highest BCUT2D eigenvalue weighted by Crippen LogP contribution is 2.23. The van der Waals surface area contributed by atoms with Crippen molar-refractivity contribution in [3.63, 3.8) is 0 Å². The van der Waals surface area contributed by atoms with E-state index in [1.54, 1.807) is 17.0 Å². The molecule has 0 spiro atoms. The van der Waals surface area contributed by atoms with Gasteiger partial charge in [-0.3, -0.25) is 4.79 Å². The smallest absolute Gasteiger partial charge is 0.256 e. The number of hydrogen-bond donors (Lipinski definition) is 0. The number of likely N-dealkylation sites (tertiary alicyclic amines) is 1. The van der Waals surface area contributed by atoms with Gasteiger partial charge in [-0.15, -0.1) is 0 Å². The standard InChI is InChI=1S/C14H16Br2FNO/c15-6-5-10-2-1-7-18(9-10)14(19)12-8-11(16)3-4-13(12)17/h3-4,8,10H,1-2,5-7,9H2. The molecule has 1 aromatic rings. The van der Waals surface area contributed by atoms with Crippen molar-refractivity contribution in [2.24, 2.45) is 5.92 Å². The largest absolute Gasteiger partial charge is 0.338 e. The van der Waals surface area contributed by atoms with E-state index in [9.17, 15) is 9.18 Å². The summed E-state index contributed by atoms with van der Waals surface area (Å²) in [6.45, 7) is 1.46. The number of carbonyl (C=O) groups excluding carboxylic acids is 1. The fourth-order valence-electron chi connectivity index (χ4n) is 2.47. The van der Waals surface area contributed by atoms with Crippen LogP contribution in [0.25, 0.3) is 0 Å². The van der Waals surface area contributed by atoms with Gasteiger partial charge in [0.2, 0.25) is 0 Å². The molecule has 0 radical (unpaired) electrons. The Morgan fingerprint density at radius 3 is 3.00 bits per heavy atom. The minimum Gasteiger partial charge on any atom is -0.338 e. The third-order valence-electron chi connectivity index (χ3n) is 3.48. The number of halogens is 3. The lowest BCUT2D eigenvalue weighted by atomic mass is 9.95. The molecule has 1 unspecified atom stereocenters. The van der Waals surface area contributed by atoms with Crippen molar-refractivity contribution in [3.8, 4) is 0 Å². The second-order valence-corrected chi connectivity index (χ2v) is 6.57. The summed E-state index contributed by atoms with van der Waals surface area (Å²) in [7, 11) is 0. The van der Waals surface area contributed by atoms with Crippen LogP contribution in [0, 0.1) is 11.7 Å². The van der Waals surface area contributed by atoms with Crippen molar-refractivity contribution in [2.75, 3.05) is 18.4 Å². The molecular formula is C14H16Br2FNO. The topological polar surface area (TPSA) is 20.3 Å². The van der Waals surface area contributed by atoms with Crippen molar-refractivity contribution < 1.29 is 9.18 Å². The van der Waals surface area contributed by atoms with E-state index in [-0.39, 0.29) is 11.5 Å². The zero-order valence-corrected chi connectivity index (χ0v) is 13.7. The van der Waals surface area contributed by atoms with Crippen LogP contribution < -0.4 is 0 Å². The van der Waals surface area contributed by atoms with Gasteiger partial charge >= 0.3 is 0 Å². The highest BCUT2D eigenvalue weighted by molar-refractivity contribution is 9.10. The Kier molecular flexibility index (Phi) is 5.39. The van der Waals surface area contributed by atoms with E-state index in [2.05, 4.69) is 31.9 Å². The van der Waals surface area contributed by atoms with Gasteiger partial charge in [-0.1, -0.05) is 31.9 Å². The van der Waals surface area contributed by atoms with Crippen molar-refractivity contribution >= 4 is 37.8 Å². The Morgan fingerprint density at radius 1 is 1.47 bits per heavy atom. The number of amides is 1. The quantitative estimate of drug-likeness (QED) is 0.705. The average molecular weight is 393 g/mol. The normalized spacial score (nSPS) is 19.5. The van der Waals surface area contributed by atoms with Crippen LogP contribution in [0.2, 0.25) is 0 Å². The van der Waals surface area contributed by atoms with Gasteiger partial charge in [0.05, 0.1) is 5.56 Å². The molecule has 5 heteroatoms. The maximum absolute atomic E-state index is 13.7. The number of alkyl halides is 1. The first-order valence-corrected chi connectivity index (χ1v) is 8.33. The van der Waals surface area contributed by atoms with Crippen LogP contribution in [0.4, 0.5) is 4.39 Å². The fraction of sp³-hybridized carbons (Fsp3) is 0.500. The third-order valence-corrected chi connectivity index (χ3v) is 4.43. The van der Waals surface area contributed by atoms with Crippen LogP contribution in [0.5, 0.6) is 0 Å². The zero-order valence-electron chi connectivity index (χ0n) is 10.5. The highest BCUT2D eigenvalue weighted by Gasteiger charge is 2.25. The third kappa shape index (κ3) is 3.78. The molecule has 0 aliphatic carbocycles. The van der Waals surface area contributed by atoms with Gasteiger partial charge in [-0.25, -0.2) is 4.39 Å². The summed E-state index contributed by atoms with van der Waals surface area (Å²) >= 11 is 6.72. The molecule has 0 saturated carbocycles. The van der Waals surface area contributed by atoms with E-state index in [1.165, 1.54) is 6.07 Å². The molecule has 1 fully saturated rings. The van der Waals surface area contributed by atoms with Crippen LogP contribution in [-0.4, -0.2) is 29.2 Å². The van der Waals surface area contributed by atoms with Crippen molar-refractivity contribution in [2.45, 2.75) is 19.3 Å². The summed E-state index contributed by atoms with van der Waals surface area (Å²) in [5.74, 6) is -0.124. The monoisotopic (exact) mass is 391 g/mol. The first-order valence-electron chi connectivity index (χ1n) is 6.42. The van der Waals surface area contributed by atoms with Crippen molar-refractivity contribution in [1.82, 2.24) is 4.90 Å². The molecule has 1 heterocycles. The van der Waals surface area contributed by atoms with E-state index < -0.39 is 5.82 Å². The molecule has 1 amide bonds. The van der Waals surface area contributed by atoms with Crippen LogP contribution in [0.1, 0.15) is 29.6 Å². The summed E-state index contributed by atoms with van der Waals surface area (Å²) < 4.78 is 14.5. The van der Waals surface area contributed by atoms with Crippen molar-refractivity contribution in [1.29, 1.82) is 0 Å². The minimum atomic E-state index is -0.448. The van der Waals surface area contributed by atoms with E-state index in [0.29, 0.717) is 5.92 Å². The molecule has 0 aromatic heterocycles. The molecule has 1 aromatic carbocycles. The number of benzene rings is 1. The lowest BCUT2D eigenvalue weighted by molar-refractivity contribution is 0.0667. The van der Waals surface area contributed by atoms with Gasteiger partial charge in [0.15, 0.2) is 0 Å². The molecule has 2 nitrogen and oxygen atoms in total. The Balaban J connectivity index is 2.12. The van der Waals surface area contributed by atoms with Gasteiger partial charge in [-0.05, 0) is 43.4 Å². The number of carbonyl (C=O) groups is 1. The molecule has 1 atom stereocenters. The minimum absolute atomic E-state index is 0.161. The molecule has 19 heavy (non-hydrogen) atoms. The first kappa shape index (κ1) is 15.0. The van der Waals surface area contributed by atoms with E-state index >= 15 is 0 Å². The summed E-state index contributed by atoms with van der Waals surface area (Å²) in [6.07, 6.45) is 3.21. The molecular weight excluding hydrogens is 377 g/mol. The van der Waals surface area contributed by atoms with E-state index in [0.717, 1.165) is 42.2 Å². The van der Waals surface area contributed by atoms with Crippen LogP contribution in [-0.2, 0) is 0 Å². The van der Waals surface area contributed by atoms with Gasteiger partial charge in [0.25, 0.3) is 5.91 Å². The number of hydrogen-bond acceptors (Lipinski definition) is 1. The van der Waals surface area contributed by atoms with Crippen molar-refractivity contribution in [3.05, 3.63) is 34.1 Å². The number of nitrogens with zero attached hydrogens (tertiary/aromatic N) is 1. The average Bonchev–Trinajstić information content (AvgIpc) is 2.41. The number of rotatable bonds is 3. The van der Waals surface area contributed by atoms with E-state index in [4.69, 9.17) is 0 Å². The number of piperidine rings is 1. The molecule has 0 N–H and O–H groups in total. The molecule has 1 saturated heterocycles. The second kappa shape index (κ2) is 6.84. The van der Waals surface area contributed by atoms with Gasteiger partial charge < -0.3 is 4.90 Å². The summed E-state index contributed by atoms with van der Waals surface area (Å²) in [5, 5.41) is 0.949. The Labute approximate surface area is 129 Å². The summed E-state index contributed by atoms with van der Waals surface area (Å²) in [6, 6.07) is 4.50. The van der Waals surface area contributed by atoms with Crippen LogP contribution in [0.3, 0.4) is 0 Å². The Bertz CT molecular complexity index is 465. The van der Waals surface area contributed by atoms with Crippen LogP contribution in [0.15, 0.2) is 22.7 Å². The molecule has 2 rings (SSSR count). The summed E-state index contributed by atoms with van der Waals surface area (Å²) in [4.78, 5) is 14.2. The predicted molar refractivity (Wildman–Crippen MR) is 81.1 cm³/mol.